The number of ether oxygens (including phenoxy) is 1. The van der Waals surface area contributed by atoms with E-state index in [2.05, 4.69) is 10.1 Å². The number of hydrogen-bond donors (Lipinski definition) is 1. The van der Waals surface area contributed by atoms with E-state index in [1.54, 1.807) is 36.4 Å². The first kappa shape index (κ1) is 20.8. The zero-order chi connectivity index (χ0) is 22.0. The summed E-state index contributed by atoms with van der Waals surface area (Å²) >= 11 is 12.5. The van der Waals surface area contributed by atoms with Crippen molar-refractivity contribution in [1.29, 1.82) is 0 Å². The summed E-state index contributed by atoms with van der Waals surface area (Å²) in [6, 6.07) is 15.7. The Morgan fingerprint density at radius 1 is 1.03 bits per heavy atom. The Morgan fingerprint density at radius 3 is 2.52 bits per heavy atom. The number of aromatic amines is 1. The third-order valence-corrected chi connectivity index (χ3v) is 4.96. The maximum Gasteiger partial charge on any atom is 0.349 e. The van der Waals surface area contributed by atoms with Crippen LogP contribution in [0, 0.1) is 5.82 Å². The van der Waals surface area contributed by atoms with Gasteiger partial charge in [0.05, 0.1) is 27.2 Å². The first-order chi connectivity index (χ1) is 14.9. The molecule has 4 aromatic rings. The van der Waals surface area contributed by atoms with Gasteiger partial charge in [0, 0.05) is 0 Å². The van der Waals surface area contributed by atoms with Crippen molar-refractivity contribution in [2.75, 3.05) is 0 Å². The zero-order valence-electron chi connectivity index (χ0n) is 15.8. The van der Waals surface area contributed by atoms with Crippen LogP contribution in [0.2, 0.25) is 10.0 Å². The lowest BCUT2D eigenvalue weighted by atomic mass is 10.2. The van der Waals surface area contributed by atoms with Crippen LogP contribution in [0.15, 0.2) is 75.4 Å². The SMILES string of the molecule is O=c1[nH]c2ccccc2c(=O)n1N=Cc1cc(Cl)c(OCc2cccc(F)c2)c(Cl)c1. The fourth-order valence-corrected chi connectivity index (χ4v) is 3.57. The van der Waals surface area contributed by atoms with Gasteiger partial charge in [-0.1, -0.05) is 47.5 Å². The van der Waals surface area contributed by atoms with Gasteiger partial charge in [-0.15, -0.1) is 4.68 Å². The highest BCUT2D eigenvalue weighted by Crippen LogP contribution is 2.34. The predicted molar refractivity (Wildman–Crippen MR) is 119 cm³/mol. The van der Waals surface area contributed by atoms with Crippen LogP contribution in [-0.4, -0.2) is 15.9 Å². The third-order valence-electron chi connectivity index (χ3n) is 4.40. The van der Waals surface area contributed by atoms with Crippen molar-refractivity contribution >= 4 is 40.3 Å². The summed E-state index contributed by atoms with van der Waals surface area (Å²) in [7, 11) is 0. The molecular weight excluding hydrogens is 444 g/mol. The smallest absolute Gasteiger partial charge is 0.349 e. The Kier molecular flexibility index (Phi) is 5.88. The molecule has 0 bridgehead atoms. The van der Waals surface area contributed by atoms with Crippen molar-refractivity contribution < 1.29 is 9.13 Å². The minimum atomic E-state index is -0.674. The van der Waals surface area contributed by atoms with E-state index >= 15 is 0 Å². The van der Waals surface area contributed by atoms with E-state index in [1.165, 1.54) is 30.5 Å². The molecule has 9 heteroatoms. The summed E-state index contributed by atoms with van der Waals surface area (Å²) in [5.41, 5.74) is 0.269. The zero-order valence-corrected chi connectivity index (χ0v) is 17.3. The quantitative estimate of drug-likeness (QED) is 0.445. The number of nitrogens with zero attached hydrogens (tertiary/aromatic N) is 2. The number of fused-ring (bicyclic) bond motifs is 1. The second-order valence-corrected chi connectivity index (χ2v) is 7.38. The molecule has 3 aromatic carbocycles. The second-order valence-electron chi connectivity index (χ2n) is 6.57. The van der Waals surface area contributed by atoms with Gasteiger partial charge in [0.15, 0.2) is 5.75 Å². The lowest BCUT2D eigenvalue weighted by molar-refractivity contribution is 0.306. The van der Waals surface area contributed by atoms with Gasteiger partial charge in [-0.3, -0.25) is 4.79 Å². The molecule has 0 saturated heterocycles. The molecule has 0 saturated carbocycles. The molecule has 1 aromatic heterocycles. The van der Waals surface area contributed by atoms with Crippen LogP contribution in [0.25, 0.3) is 10.9 Å². The van der Waals surface area contributed by atoms with Crippen molar-refractivity contribution in [3.63, 3.8) is 0 Å². The van der Waals surface area contributed by atoms with E-state index in [-0.39, 0.29) is 28.2 Å². The van der Waals surface area contributed by atoms with E-state index < -0.39 is 11.2 Å². The van der Waals surface area contributed by atoms with Gasteiger partial charge >= 0.3 is 5.69 Å². The molecule has 1 heterocycles. The number of hydrogen-bond acceptors (Lipinski definition) is 4. The van der Waals surface area contributed by atoms with E-state index in [0.29, 0.717) is 22.0 Å². The normalized spacial score (nSPS) is 11.3. The molecule has 4 rings (SSSR count). The first-order valence-electron chi connectivity index (χ1n) is 9.07. The molecule has 0 aliphatic rings. The van der Waals surface area contributed by atoms with Gasteiger partial charge in [-0.05, 0) is 47.5 Å². The molecule has 0 aliphatic carbocycles. The number of para-hydroxylation sites is 1. The molecule has 0 fully saturated rings. The van der Waals surface area contributed by atoms with Crippen molar-refractivity contribution in [3.05, 3.63) is 108 Å². The third kappa shape index (κ3) is 4.52. The van der Waals surface area contributed by atoms with Crippen molar-refractivity contribution in [2.45, 2.75) is 6.61 Å². The van der Waals surface area contributed by atoms with Crippen LogP contribution in [0.3, 0.4) is 0 Å². The molecular formula is C22H14Cl2FN3O3. The molecule has 0 unspecified atom stereocenters. The van der Waals surface area contributed by atoms with Gasteiger partial charge in [0.2, 0.25) is 0 Å². The van der Waals surface area contributed by atoms with E-state index in [4.69, 9.17) is 27.9 Å². The fraction of sp³-hybridized carbons (Fsp3) is 0.0455. The van der Waals surface area contributed by atoms with Gasteiger partial charge in [-0.2, -0.15) is 5.10 Å². The van der Waals surface area contributed by atoms with Crippen molar-refractivity contribution in [3.8, 4) is 5.75 Å². The summed E-state index contributed by atoms with van der Waals surface area (Å²) < 4.78 is 19.6. The maximum absolute atomic E-state index is 13.3. The molecule has 0 spiro atoms. The molecule has 156 valence electrons. The van der Waals surface area contributed by atoms with Gasteiger partial charge < -0.3 is 9.72 Å². The number of nitrogens with one attached hydrogen (secondary N) is 1. The minimum absolute atomic E-state index is 0.0759. The maximum atomic E-state index is 13.3. The summed E-state index contributed by atoms with van der Waals surface area (Å²) in [5, 5.41) is 4.70. The standard InChI is InChI=1S/C22H14Cl2FN3O3/c23-17-9-14(10-18(24)20(17)31-12-13-4-3-5-15(25)8-13)11-26-28-21(29)16-6-1-2-7-19(16)27-22(28)30/h1-11H,12H2,(H,27,30). The van der Waals surface area contributed by atoms with E-state index in [9.17, 15) is 14.0 Å². The predicted octanol–water partition coefficient (Wildman–Crippen LogP) is 4.60. The van der Waals surface area contributed by atoms with E-state index in [1.807, 2.05) is 0 Å². The Balaban J connectivity index is 1.60. The lowest BCUT2D eigenvalue weighted by Crippen LogP contribution is -2.32. The van der Waals surface area contributed by atoms with E-state index in [0.717, 1.165) is 4.68 Å². The first-order valence-corrected chi connectivity index (χ1v) is 9.82. The highest BCUT2D eigenvalue weighted by Gasteiger charge is 2.11. The van der Waals surface area contributed by atoms with Crippen LogP contribution in [0.1, 0.15) is 11.1 Å². The molecule has 0 radical (unpaired) electrons. The summed E-state index contributed by atoms with van der Waals surface area (Å²) in [6.45, 7) is 0.0759. The van der Waals surface area contributed by atoms with Crippen molar-refractivity contribution in [1.82, 2.24) is 9.66 Å². The fourth-order valence-electron chi connectivity index (χ4n) is 2.96. The van der Waals surface area contributed by atoms with Crippen molar-refractivity contribution in [2.24, 2.45) is 5.10 Å². The average Bonchev–Trinajstić information content (AvgIpc) is 2.73. The monoisotopic (exact) mass is 457 g/mol. The Bertz CT molecular complexity index is 1410. The highest BCUT2D eigenvalue weighted by molar-refractivity contribution is 6.37. The van der Waals surface area contributed by atoms with Gasteiger partial charge in [-0.25, -0.2) is 9.18 Å². The Hall–Kier alpha value is -3.42. The van der Waals surface area contributed by atoms with Crippen LogP contribution in [0.5, 0.6) is 5.75 Å². The molecule has 0 aliphatic heterocycles. The number of benzene rings is 3. The minimum Gasteiger partial charge on any atom is -0.486 e. The van der Waals surface area contributed by atoms with Crippen LogP contribution < -0.4 is 16.0 Å². The molecule has 0 atom stereocenters. The summed E-state index contributed by atoms with van der Waals surface area (Å²) in [4.78, 5) is 27.3. The van der Waals surface area contributed by atoms with Gasteiger partial charge in [0.25, 0.3) is 5.56 Å². The molecule has 1 N–H and O–H groups in total. The Morgan fingerprint density at radius 2 is 1.77 bits per heavy atom. The number of rotatable bonds is 5. The largest absolute Gasteiger partial charge is 0.486 e. The summed E-state index contributed by atoms with van der Waals surface area (Å²) in [6.07, 6.45) is 1.29. The Labute approximate surface area is 185 Å². The lowest BCUT2D eigenvalue weighted by Gasteiger charge is -2.11. The highest BCUT2D eigenvalue weighted by atomic mass is 35.5. The average molecular weight is 458 g/mol. The second kappa shape index (κ2) is 8.75. The number of halogens is 3. The molecule has 6 nitrogen and oxygen atoms in total. The molecule has 0 amide bonds. The number of H-pyrrole nitrogens is 1. The number of aromatic nitrogens is 2. The van der Waals surface area contributed by atoms with Crippen LogP contribution in [-0.2, 0) is 6.61 Å². The van der Waals surface area contributed by atoms with Crippen LogP contribution in [0.4, 0.5) is 4.39 Å². The topological polar surface area (TPSA) is 76.5 Å². The molecule has 31 heavy (non-hydrogen) atoms. The summed E-state index contributed by atoms with van der Waals surface area (Å²) in [5.74, 6) is -0.144. The van der Waals surface area contributed by atoms with Gasteiger partial charge in [0.1, 0.15) is 12.4 Å². The van der Waals surface area contributed by atoms with Crippen LogP contribution >= 0.6 is 23.2 Å².